The standard InChI is InChI=1S/C26H28N4O3/c1-18-7-9-19(10-8-18)17-33-22-12-11-20(15-23(22)32-2)24-21(16-27)25(31)29-26(28-24)30-13-5-3-4-6-14-30/h7-12,15H,3-6,13-14,17H2,1-2H3,(H,28,29,31). The Morgan fingerprint density at radius 1 is 1.06 bits per heavy atom. The van der Waals surface area contributed by atoms with Crippen molar-refractivity contribution in [2.24, 2.45) is 0 Å². The maximum absolute atomic E-state index is 12.7. The molecule has 4 rings (SSSR count). The molecule has 0 saturated carbocycles. The highest BCUT2D eigenvalue weighted by atomic mass is 16.5. The van der Waals surface area contributed by atoms with Crippen molar-refractivity contribution in [1.82, 2.24) is 9.97 Å². The van der Waals surface area contributed by atoms with Crippen LogP contribution in [-0.2, 0) is 6.61 Å². The largest absolute Gasteiger partial charge is 0.493 e. The van der Waals surface area contributed by atoms with Crippen molar-refractivity contribution < 1.29 is 9.47 Å². The van der Waals surface area contributed by atoms with E-state index in [-0.39, 0.29) is 5.56 Å². The highest BCUT2D eigenvalue weighted by Gasteiger charge is 2.19. The van der Waals surface area contributed by atoms with Crippen LogP contribution in [0.4, 0.5) is 5.95 Å². The van der Waals surface area contributed by atoms with Crippen molar-refractivity contribution in [3.63, 3.8) is 0 Å². The minimum Gasteiger partial charge on any atom is -0.493 e. The highest BCUT2D eigenvalue weighted by molar-refractivity contribution is 5.70. The minimum absolute atomic E-state index is 0.0102. The Balaban J connectivity index is 1.65. The lowest BCUT2D eigenvalue weighted by Crippen LogP contribution is -2.29. The van der Waals surface area contributed by atoms with E-state index in [0.717, 1.165) is 31.5 Å². The number of benzene rings is 2. The number of H-pyrrole nitrogens is 1. The van der Waals surface area contributed by atoms with E-state index in [1.165, 1.54) is 18.4 Å². The van der Waals surface area contributed by atoms with Crippen molar-refractivity contribution >= 4 is 5.95 Å². The lowest BCUT2D eigenvalue weighted by Gasteiger charge is -2.21. The van der Waals surface area contributed by atoms with Gasteiger partial charge in [-0.2, -0.15) is 5.26 Å². The van der Waals surface area contributed by atoms with Gasteiger partial charge in [0.15, 0.2) is 11.5 Å². The lowest BCUT2D eigenvalue weighted by molar-refractivity contribution is 0.284. The van der Waals surface area contributed by atoms with Crippen LogP contribution in [0.3, 0.4) is 0 Å². The number of nitrogens with one attached hydrogen (secondary N) is 1. The highest BCUT2D eigenvalue weighted by Crippen LogP contribution is 2.33. The molecule has 0 radical (unpaired) electrons. The predicted molar refractivity (Wildman–Crippen MR) is 128 cm³/mol. The van der Waals surface area contributed by atoms with E-state index in [9.17, 15) is 10.1 Å². The summed E-state index contributed by atoms with van der Waals surface area (Å²) in [6, 6.07) is 15.5. The molecule has 1 N–H and O–H groups in total. The number of rotatable bonds is 6. The molecular weight excluding hydrogens is 416 g/mol. The second-order valence-electron chi connectivity index (χ2n) is 8.27. The number of aryl methyl sites for hydroxylation is 1. The van der Waals surface area contributed by atoms with Crippen molar-refractivity contribution in [2.75, 3.05) is 25.1 Å². The summed E-state index contributed by atoms with van der Waals surface area (Å²) < 4.78 is 11.5. The Labute approximate surface area is 193 Å². The molecular formula is C26H28N4O3. The van der Waals surface area contributed by atoms with Crippen LogP contribution in [-0.4, -0.2) is 30.2 Å². The first-order valence-corrected chi connectivity index (χ1v) is 11.2. The summed E-state index contributed by atoms with van der Waals surface area (Å²) >= 11 is 0. The number of ether oxygens (including phenoxy) is 2. The molecule has 2 aromatic carbocycles. The zero-order valence-corrected chi connectivity index (χ0v) is 19.1. The third-order valence-electron chi connectivity index (χ3n) is 5.88. The molecule has 1 aromatic heterocycles. The number of methoxy groups -OCH3 is 1. The molecule has 7 nitrogen and oxygen atoms in total. The fraction of sp³-hybridized carbons (Fsp3) is 0.346. The van der Waals surface area contributed by atoms with E-state index in [1.807, 2.05) is 43.3 Å². The Bertz CT molecular complexity index is 1200. The van der Waals surface area contributed by atoms with Gasteiger partial charge in [0.05, 0.1) is 12.8 Å². The number of aromatic nitrogens is 2. The quantitative estimate of drug-likeness (QED) is 0.598. The zero-order chi connectivity index (χ0) is 23.2. The molecule has 2 heterocycles. The molecule has 1 fully saturated rings. The average molecular weight is 445 g/mol. The Morgan fingerprint density at radius 2 is 1.79 bits per heavy atom. The monoisotopic (exact) mass is 444 g/mol. The van der Waals surface area contributed by atoms with Crippen LogP contribution in [0.2, 0.25) is 0 Å². The van der Waals surface area contributed by atoms with Gasteiger partial charge < -0.3 is 14.4 Å². The van der Waals surface area contributed by atoms with E-state index >= 15 is 0 Å². The first-order valence-electron chi connectivity index (χ1n) is 11.2. The van der Waals surface area contributed by atoms with Gasteiger partial charge in [-0.1, -0.05) is 42.7 Å². The summed E-state index contributed by atoms with van der Waals surface area (Å²) in [7, 11) is 1.57. The normalized spacial score (nSPS) is 13.8. The molecule has 0 unspecified atom stereocenters. The van der Waals surface area contributed by atoms with E-state index < -0.39 is 5.56 Å². The Morgan fingerprint density at radius 3 is 2.45 bits per heavy atom. The summed E-state index contributed by atoms with van der Waals surface area (Å²) in [5.74, 6) is 1.61. The molecule has 1 aliphatic heterocycles. The van der Waals surface area contributed by atoms with Gasteiger partial charge >= 0.3 is 0 Å². The number of nitriles is 1. The van der Waals surface area contributed by atoms with Crippen LogP contribution in [0, 0.1) is 18.3 Å². The summed E-state index contributed by atoms with van der Waals surface area (Å²) in [6.07, 6.45) is 4.45. The minimum atomic E-state index is -0.430. The molecule has 3 aromatic rings. The summed E-state index contributed by atoms with van der Waals surface area (Å²) in [6.45, 7) is 4.12. The van der Waals surface area contributed by atoms with Gasteiger partial charge in [-0.05, 0) is 43.5 Å². The van der Waals surface area contributed by atoms with Crippen molar-refractivity contribution in [2.45, 2.75) is 39.2 Å². The number of anilines is 1. The van der Waals surface area contributed by atoms with Gasteiger partial charge in [0, 0.05) is 18.7 Å². The van der Waals surface area contributed by atoms with Gasteiger partial charge in [-0.3, -0.25) is 9.78 Å². The van der Waals surface area contributed by atoms with Gasteiger partial charge in [0.2, 0.25) is 5.95 Å². The smallest absolute Gasteiger partial charge is 0.270 e. The molecule has 0 bridgehead atoms. The molecule has 0 amide bonds. The first kappa shape index (κ1) is 22.4. The van der Waals surface area contributed by atoms with Crippen LogP contribution in [0.5, 0.6) is 11.5 Å². The fourth-order valence-corrected chi connectivity index (χ4v) is 3.99. The van der Waals surface area contributed by atoms with Gasteiger partial charge in [0.25, 0.3) is 5.56 Å². The van der Waals surface area contributed by atoms with E-state index in [0.29, 0.717) is 35.3 Å². The summed E-state index contributed by atoms with van der Waals surface area (Å²) in [5.41, 5.74) is 2.79. The SMILES string of the molecule is COc1cc(-c2nc(N3CCCCCC3)[nH]c(=O)c2C#N)ccc1OCc1ccc(C)cc1. The Kier molecular flexibility index (Phi) is 6.94. The van der Waals surface area contributed by atoms with E-state index in [2.05, 4.69) is 9.88 Å². The molecule has 170 valence electrons. The maximum Gasteiger partial charge on any atom is 0.270 e. The third kappa shape index (κ3) is 5.17. The summed E-state index contributed by atoms with van der Waals surface area (Å²) in [4.78, 5) is 22.3. The molecule has 0 aliphatic carbocycles. The van der Waals surface area contributed by atoms with Crippen molar-refractivity contribution in [3.8, 4) is 28.8 Å². The number of hydrogen-bond donors (Lipinski definition) is 1. The van der Waals surface area contributed by atoms with Crippen LogP contribution in [0.1, 0.15) is 42.4 Å². The van der Waals surface area contributed by atoms with Crippen LogP contribution in [0.25, 0.3) is 11.3 Å². The fourth-order valence-electron chi connectivity index (χ4n) is 3.99. The average Bonchev–Trinajstić information content (AvgIpc) is 3.13. The Hall–Kier alpha value is -3.79. The molecule has 7 heteroatoms. The van der Waals surface area contributed by atoms with E-state index in [1.54, 1.807) is 19.2 Å². The second-order valence-corrected chi connectivity index (χ2v) is 8.27. The van der Waals surface area contributed by atoms with E-state index in [4.69, 9.17) is 14.5 Å². The molecule has 1 aliphatic rings. The number of nitrogens with zero attached hydrogens (tertiary/aromatic N) is 3. The number of aromatic amines is 1. The second kappa shape index (κ2) is 10.2. The maximum atomic E-state index is 12.7. The van der Waals surface area contributed by atoms with Crippen LogP contribution < -0.4 is 19.9 Å². The zero-order valence-electron chi connectivity index (χ0n) is 19.1. The number of hydrogen-bond acceptors (Lipinski definition) is 6. The third-order valence-corrected chi connectivity index (χ3v) is 5.88. The van der Waals surface area contributed by atoms with Crippen LogP contribution >= 0.6 is 0 Å². The lowest BCUT2D eigenvalue weighted by atomic mass is 10.1. The molecule has 0 spiro atoms. The van der Waals surface area contributed by atoms with Gasteiger partial charge in [-0.15, -0.1) is 0 Å². The van der Waals surface area contributed by atoms with Crippen molar-refractivity contribution in [1.29, 1.82) is 5.26 Å². The van der Waals surface area contributed by atoms with Gasteiger partial charge in [-0.25, -0.2) is 4.98 Å². The molecule has 1 saturated heterocycles. The van der Waals surface area contributed by atoms with Crippen LogP contribution in [0.15, 0.2) is 47.3 Å². The van der Waals surface area contributed by atoms with Crippen molar-refractivity contribution in [3.05, 3.63) is 69.5 Å². The molecule has 0 atom stereocenters. The van der Waals surface area contributed by atoms with Gasteiger partial charge in [0.1, 0.15) is 18.2 Å². The summed E-state index contributed by atoms with van der Waals surface area (Å²) in [5, 5.41) is 9.64. The first-order chi connectivity index (χ1) is 16.1. The molecule has 33 heavy (non-hydrogen) atoms. The topological polar surface area (TPSA) is 91.2 Å². The predicted octanol–water partition coefficient (Wildman–Crippen LogP) is 4.59.